The smallest absolute Gasteiger partial charge is 0.235 e. The van der Waals surface area contributed by atoms with Gasteiger partial charge in [0.2, 0.25) is 11.2 Å². The third-order valence-corrected chi connectivity index (χ3v) is 5.92. The predicted octanol–water partition coefficient (Wildman–Crippen LogP) is 5.37. The molecule has 1 unspecified atom stereocenters. The molecule has 6 heteroatoms. The van der Waals surface area contributed by atoms with Gasteiger partial charge in [0.1, 0.15) is 17.1 Å². The summed E-state index contributed by atoms with van der Waals surface area (Å²) in [4.78, 5) is 15.7. The molecule has 1 aliphatic rings. The summed E-state index contributed by atoms with van der Waals surface area (Å²) in [6.45, 7) is 7.80. The van der Waals surface area contributed by atoms with E-state index in [9.17, 15) is 9.90 Å². The number of hydrogen-bond acceptors (Lipinski definition) is 6. The Morgan fingerprint density at radius 1 is 1.16 bits per heavy atom. The van der Waals surface area contributed by atoms with Gasteiger partial charge in [-0.25, -0.2) is 0 Å². The number of aryl methyl sites for hydroxylation is 1. The molecule has 3 aromatic rings. The van der Waals surface area contributed by atoms with Crippen molar-refractivity contribution in [2.75, 3.05) is 13.2 Å². The second kappa shape index (κ2) is 9.02. The second-order valence-electron chi connectivity index (χ2n) is 8.05. The Hall–Kier alpha value is -2.99. The molecule has 1 N–H and O–H groups in total. The maximum Gasteiger partial charge on any atom is 0.235 e. The van der Waals surface area contributed by atoms with Crippen LogP contribution in [0.5, 0.6) is 23.0 Å². The van der Waals surface area contributed by atoms with E-state index in [1.807, 2.05) is 19.1 Å². The van der Waals surface area contributed by atoms with Crippen LogP contribution in [0.25, 0.3) is 11.0 Å². The molecule has 1 aromatic heterocycles. The van der Waals surface area contributed by atoms with Gasteiger partial charge in [-0.05, 0) is 64.4 Å². The molecule has 31 heavy (non-hydrogen) atoms. The Bertz CT molecular complexity index is 1140. The van der Waals surface area contributed by atoms with Crippen molar-refractivity contribution in [3.63, 3.8) is 0 Å². The normalized spacial score (nSPS) is 17.1. The van der Waals surface area contributed by atoms with Crippen LogP contribution in [0.4, 0.5) is 0 Å². The van der Waals surface area contributed by atoms with Gasteiger partial charge in [-0.1, -0.05) is 18.6 Å². The average Bonchev–Trinajstić information content (AvgIpc) is 2.76. The van der Waals surface area contributed by atoms with Gasteiger partial charge in [0.15, 0.2) is 11.5 Å². The lowest BCUT2D eigenvalue weighted by molar-refractivity contribution is 0.151. The lowest BCUT2D eigenvalue weighted by Crippen LogP contribution is -2.36. The Labute approximate surface area is 182 Å². The molecule has 0 saturated carbocycles. The number of nitrogens with zero attached hydrogens (tertiary/aromatic N) is 1. The molecule has 0 aliphatic carbocycles. The number of piperidine rings is 1. The van der Waals surface area contributed by atoms with Crippen molar-refractivity contribution >= 4 is 11.0 Å². The summed E-state index contributed by atoms with van der Waals surface area (Å²) in [5.74, 6) is 1.66. The number of phenols is 1. The molecule has 2 aromatic carbocycles. The second-order valence-corrected chi connectivity index (χ2v) is 8.05. The fourth-order valence-corrected chi connectivity index (χ4v) is 4.18. The van der Waals surface area contributed by atoms with Crippen molar-refractivity contribution in [3.8, 4) is 23.0 Å². The third-order valence-electron chi connectivity index (χ3n) is 5.92. The first kappa shape index (κ1) is 21.2. The first-order valence-electron chi connectivity index (χ1n) is 10.9. The molecule has 1 saturated heterocycles. The zero-order chi connectivity index (χ0) is 22.0. The van der Waals surface area contributed by atoms with E-state index < -0.39 is 0 Å². The van der Waals surface area contributed by atoms with Crippen LogP contribution < -0.4 is 14.9 Å². The highest BCUT2D eigenvalue weighted by Gasteiger charge is 2.24. The molecule has 1 fully saturated rings. The molecular formula is C25H29NO5. The van der Waals surface area contributed by atoms with Gasteiger partial charge in [-0.2, -0.15) is 0 Å². The SMILES string of the molecule is CCOc1ccccc1Oc1c(C)oc2c(CN3CCCCC3C)c(O)ccc2c1=O. The van der Waals surface area contributed by atoms with Crippen molar-refractivity contribution in [3.05, 3.63) is 57.9 Å². The molecule has 0 bridgehead atoms. The lowest BCUT2D eigenvalue weighted by Gasteiger charge is -2.33. The number of para-hydroxylation sites is 2. The minimum Gasteiger partial charge on any atom is -0.507 e. The maximum absolute atomic E-state index is 13.3. The van der Waals surface area contributed by atoms with Crippen LogP contribution in [0.15, 0.2) is 45.6 Å². The van der Waals surface area contributed by atoms with E-state index in [0.717, 1.165) is 19.4 Å². The number of hydrogen-bond donors (Lipinski definition) is 1. The number of fused-ring (bicyclic) bond motifs is 1. The van der Waals surface area contributed by atoms with E-state index in [1.54, 1.807) is 31.2 Å². The molecular weight excluding hydrogens is 394 g/mol. The van der Waals surface area contributed by atoms with Gasteiger partial charge < -0.3 is 19.0 Å². The fourth-order valence-electron chi connectivity index (χ4n) is 4.18. The third kappa shape index (κ3) is 4.26. The van der Waals surface area contributed by atoms with Crippen LogP contribution in [0.2, 0.25) is 0 Å². The van der Waals surface area contributed by atoms with E-state index in [1.165, 1.54) is 6.42 Å². The minimum atomic E-state index is -0.266. The fraction of sp³-hybridized carbons (Fsp3) is 0.400. The van der Waals surface area contributed by atoms with Crippen molar-refractivity contribution in [2.24, 2.45) is 0 Å². The zero-order valence-corrected chi connectivity index (χ0v) is 18.3. The van der Waals surface area contributed by atoms with Crippen LogP contribution in [-0.4, -0.2) is 29.2 Å². The number of likely N-dealkylation sites (tertiary alicyclic amines) is 1. The molecule has 6 nitrogen and oxygen atoms in total. The Balaban J connectivity index is 1.76. The number of rotatable bonds is 6. The van der Waals surface area contributed by atoms with E-state index in [-0.39, 0.29) is 16.9 Å². The summed E-state index contributed by atoms with van der Waals surface area (Å²) >= 11 is 0. The van der Waals surface area contributed by atoms with Gasteiger partial charge >= 0.3 is 0 Å². The van der Waals surface area contributed by atoms with E-state index >= 15 is 0 Å². The molecule has 0 spiro atoms. The van der Waals surface area contributed by atoms with Crippen LogP contribution >= 0.6 is 0 Å². The highest BCUT2D eigenvalue weighted by molar-refractivity contribution is 5.83. The molecule has 0 amide bonds. The summed E-state index contributed by atoms with van der Waals surface area (Å²) < 4.78 is 17.7. The predicted molar refractivity (Wildman–Crippen MR) is 120 cm³/mol. The van der Waals surface area contributed by atoms with Crippen molar-refractivity contribution in [1.29, 1.82) is 0 Å². The van der Waals surface area contributed by atoms with Crippen molar-refractivity contribution < 1.29 is 19.0 Å². The minimum absolute atomic E-state index is 0.127. The van der Waals surface area contributed by atoms with Crippen LogP contribution in [0.1, 0.15) is 44.4 Å². The first-order valence-corrected chi connectivity index (χ1v) is 10.9. The van der Waals surface area contributed by atoms with Gasteiger partial charge in [0, 0.05) is 12.6 Å². The van der Waals surface area contributed by atoms with Gasteiger partial charge in [0.05, 0.1) is 17.6 Å². The van der Waals surface area contributed by atoms with Crippen molar-refractivity contribution in [1.82, 2.24) is 4.90 Å². The monoisotopic (exact) mass is 423 g/mol. The highest BCUT2D eigenvalue weighted by atomic mass is 16.5. The highest BCUT2D eigenvalue weighted by Crippen LogP contribution is 2.35. The largest absolute Gasteiger partial charge is 0.507 e. The van der Waals surface area contributed by atoms with Crippen LogP contribution in [-0.2, 0) is 6.54 Å². The average molecular weight is 424 g/mol. The first-order chi connectivity index (χ1) is 15.0. The molecule has 4 rings (SSSR count). The Kier molecular flexibility index (Phi) is 6.18. The molecule has 2 heterocycles. The zero-order valence-electron chi connectivity index (χ0n) is 18.3. The quantitative estimate of drug-likeness (QED) is 0.574. The number of aromatic hydroxyl groups is 1. The maximum atomic E-state index is 13.3. The van der Waals surface area contributed by atoms with Crippen LogP contribution in [0, 0.1) is 6.92 Å². The van der Waals surface area contributed by atoms with E-state index in [0.29, 0.717) is 53.0 Å². The number of ether oxygens (including phenoxy) is 2. The van der Waals surface area contributed by atoms with E-state index in [4.69, 9.17) is 13.9 Å². The topological polar surface area (TPSA) is 72.1 Å². The molecule has 0 radical (unpaired) electrons. The van der Waals surface area contributed by atoms with E-state index in [2.05, 4.69) is 11.8 Å². The summed E-state index contributed by atoms with van der Waals surface area (Å²) in [7, 11) is 0. The summed E-state index contributed by atoms with van der Waals surface area (Å²) in [6, 6.07) is 10.8. The summed E-state index contributed by atoms with van der Waals surface area (Å²) in [5, 5.41) is 11.0. The molecule has 164 valence electrons. The van der Waals surface area contributed by atoms with Gasteiger partial charge in [-0.15, -0.1) is 0 Å². The molecule has 1 aliphatic heterocycles. The van der Waals surface area contributed by atoms with Gasteiger partial charge in [-0.3, -0.25) is 9.69 Å². The number of phenolic OH excluding ortho intramolecular Hbond substituents is 1. The summed E-state index contributed by atoms with van der Waals surface area (Å²) in [6.07, 6.45) is 3.49. The number of benzene rings is 2. The summed E-state index contributed by atoms with van der Waals surface area (Å²) in [5.41, 5.74) is 0.802. The molecule has 1 atom stereocenters. The van der Waals surface area contributed by atoms with Crippen molar-refractivity contribution in [2.45, 2.75) is 52.6 Å². The lowest BCUT2D eigenvalue weighted by atomic mass is 10.0. The Morgan fingerprint density at radius 3 is 2.68 bits per heavy atom. The standard InChI is InChI=1S/C25H29NO5/c1-4-29-21-10-5-6-11-22(21)31-24-17(3)30-25-18(23(24)28)12-13-20(27)19(25)15-26-14-8-7-9-16(26)2/h5-6,10-13,16,27H,4,7-9,14-15H2,1-3H3. The Morgan fingerprint density at radius 2 is 1.94 bits per heavy atom. The van der Waals surface area contributed by atoms with Crippen LogP contribution in [0.3, 0.4) is 0 Å². The van der Waals surface area contributed by atoms with Gasteiger partial charge in [0.25, 0.3) is 0 Å².